The lowest BCUT2D eigenvalue weighted by Crippen LogP contribution is -2.59. The van der Waals surface area contributed by atoms with E-state index in [-0.39, 0.29) is 30.5 Å². The SMILES string of the molecule is CC(C)(C)OC(=O)NC(CCC(N)=O)C(=O)N(C(C(=O)NC1CCCCC1)c1cccc(O)c1)C(C)(C)C. The molecule has 0 saturated heterocycles. The van der Waals surface area contributed by atoms with Gasteiger partial charge in [0.1, 0.15) is 23.4 Å². The number of rotatable bonds is 9. The van der Waals surface area contributed by atoms with E-state index in [1.807, 2.05) is 0 Å². The minimum Gasteiger partial charge on any atom is -0.508 e. The zero-order chi connectivity index (χ0) is 28.7. The summed E-state index contributed by atoms with van der Waals surface area (Å²) in [6, 6.07) is 3.93. The van der Waals surface area contributed by atoms with E-state index < -0.39 is 41.1 Å². The van der Waals surface area contributed by atoms with Crippen LogP contribution in [0.15, 0.2) is 24.3 Å². The summed E-state index contributed by atoms with van der Waals surface area (Å²) < 4.78 is 5.35. The maximum atomic E-state index is 14.2. The number of aromatic hydroxyl groups is 1. The molecule has 1 fully saturated rings. The van der Waals surface area contributed by atoms with E-state index in [4.69, 9.17) is 10.5 Å². The number of nitrogens with zero attached hydrogens (tertiary/aromatic N) is 1. The Morgan fingerprint density at radius 1 is 1.08 bits per heavy atom. The van der Waals surface area contributed by atoms with Crippen LogP contribution in [0.1, 0.15) is 98.1 Å². The number of primary amides is 1. The Morgan fingerprint density at radius 2 is 1.71 bits per heavy atom. The number of hydrogen-bond donors (Lipinski definition) is 4. The Kier molecular flexibility index (Phi) is 10.6. The molecule has 4 amide bonds. The molecule has 0 aromatic heterocycles. The van der Waals surface area contributed by atoms with Crippen molar-refractivity contribution in [2.24, 2.45) is 5.73 Å². The van der Waals surface area contributed by atoms with Gasteiger partial charge in [-0.15, -0.1) is 0 Å². The van der Waals surface area contributed by atoms with Crippen LogP contribution in [-0.4, -0.2) is 57.0 Å². The maximum absolute atomic E-state index is 14.2. The molecule has 212 valence electrons. The van der Waals surface area contributed by atoms with Crippen molar-refractivity contribution >= 4 is 23.8 Å². The molecule has 2 rings (SSSR count). The van der Waals surface area contributed by atoms with Gasteiger partial charge in [-0.05, 0) is 78.5 Å². The number of nitrogens with one attached hydrogen (secondary N) is 2. The molecule has 10 heteroatoms. The smallest absolute Gasteiger partial charge is 0.408 e. The van der Waals surface area contributed by atoms with Gasteiger partial charge < -0.3 is 31.1 Å². The Morgan fingerprint density at radius 3 is 2.24 bits per heavy atom. The fraction of sp³-hybridized carbons (Fsp3) is 0.643. The van der Waals surface area contributed by atoms with Crippen LogP contribution in [0.5, 0.6) is 5.75 Å². The molecule has 1 aliphatic rings. The van der Waals surface area contributed by atoms with Gasteiger partial charge >= 0.3 is 6.09 Å². The zero-order valence-corrected chi connectivity index (χ0v) is 23.5. The van der Waals surface area contributed by atoms with E-state index in [0.717, 1.165) is 32.1 Å². The van der Waals surface area contributed by atoms with Gasteiger partial charge in [-0.2, -0.15) is 0 Å². The first-order valence-electron chi connectivity index (χ1n) is 13.3. The highest BCUT2D eigenvalue weighted by Crippen LogP contribution is 2.32. The quantitative estimate of drug-likeness (QED) is 0.381. The van der Waals surface area contributed by atoms with E-state index >= 15 is 0 Å². The van der Waals surface area contributed by atoms with E-state index in [1.54, 1.807) is 53.7 Å². The van der Waals surface area contributed by atoms with Crippen molar-refractivity contribution in [2.75, 3.05) is 0 Å². The van der Waals surface area contributed by atoms with Gasteiger partial charge in [-0.25, -0.2) is 4.79 Å². The largest absolute Gasteiger partial charge is 0.508 e. The molecule has 1 saturated carbocycles. The highest BCUT2D eigenvalue weighted by Gasteiger charge is 2.42. The standard InChI is InChI=1S/C28H44N4O6/c1-27(2,3)32(25(36)21(15-16-22(29)34)31-26(37)38-28(4,5)6)23(18-11-10-14-20(33)17-18)24(35)30-19-12-8-7-9-13-19/h10-11,14,17,19,21,23,33H,7-9,12-13,15-16H2,1-6H3,(H2,29,34)(H,30,35)(H,31,37). The van der Waals surface area contributed by atoms with E-state index in [9.17, 15) is 24.3 Å². The van der Waals surface area contributed by atoms with E-state index in [2.05, 4.69) is 10.6 Å². The first-order chi connectivity index (χ1) is 17.6. The molecule has 0 bridgehead atoms. The van der Waals surface area contributed by atoms with Crippen molar-refractivity contribution in [3.8, 4) is 5.75 Å². The summed E-state index contributed by atoms with van der Waals surface area (Å²) in [5.74, 6) is -1.62. The summed E-state index contributed by atoms with van der Waals surface area (Å²) in [5.41, 5.74) is 4.08. The Hall–Kier alpha value is -3.30. The van der Waals surface area contributed by atoms with Crippen molar-refractivity contribution < 1.29 is 29.0 Å². The summed E-state index contributed by atoms with van der Waals surface area (Å²) in [7, 11) is 0. The van der Waals surface area contributed by atoms with Gasteiger partial charge in [0.15, 0.2) is 0 Å². The topological polar surface area (TPSA) is 151 Å². The lowest BCUT2D eigenvalue weighted by molar-refractivity contribution is -0.149. The van der Waals surface area contributed by atoms with Crippen LogP contribution in [0.4, 0.5) is 4.79 Å². The van der Waals surface area contributed by atoms with Gasteiger partial charge in [0.05, 0.1) is 0 Å². The normalized spacial score (nSPS) is 16.2. The molecular formula is C28H44N4O6. The fourth-order valence-corrected chi connectivity index (χ4v) is 4.65. The second-order valence-electron chi connectivity index (χ2n) is 11.9. The second kappa shape index (κ2) is 13.0. The molecule has 0 radical (unpaired) electrons. The van der Waals surface area contributed by atoms with Crippen LogP contribution in [-0.2, 0) is 19.1 Å². The van der Waals surface area contributed by atoms with Crippen LogP contribution >= 0.6 is 0 Å². The van der Waals surface area contributed by atoms with Crippen molar-refractivity contribution in [3.05, 3.63) is 29.8 Å². The molecular weight excluding hydrogens is 488 g/mol. The van der Waals surface area contributed by atoms with Crippen molar-refractivity contribution in [2.45, 2.75) is 116 Å². The molecule has 10 nitrogen and oxygen atoms in total. The average molecular weight is 533 g/mol. The predicted octanol–water partition coefficient (Wildman–Crippen LogP) is 3.67. The maximum Gasteiger partial charge on any atom is 0.408 e. The van der Waals surface area contributed by atoms with Crippen LogP contribution < -0.4 is 16.4 Å². The van der Waals surface area contributed by atoms with Gasteiger partial charge in [-0.3, -0.25) is 14.4 Å². The number of amides is 4. The van der Waals surface area contributed by atoms with E-state index in [1.165, 1.54) is 17.0 Å². The third-order valence-electron chi connectivity index (χ3n) is 6.27. The van der Waals surface area contributed by atoms with Crippen LogP contribution in [0.25, 0.3) is 0 Å². The number of alkyl carbamates (subject to hydrolysis) is 1. The molecule has 2 atom stereocenters. The highest BCUT2D eigenvalue weighted by atomic mass is 16.6. The first-order valence-corrected chi connectivity index (χ1v) is 13.3. The number of ether oxygens (including phenoxy) is 1. The molecule has 1 aliphatic carbocycles. The Balaban J connectivity index is 2.51. The van der Waals surface area contributed by atoms with Crippen LogP contribution in [0, 0.1) is 0 Å². The Labute approximate surface area is 225 Å². The summed E-state index contributed by atoms with van der Waals surface area (Å²) in [5, 5.41) is 15.9. The number of nitrogens with two attached hydrogens (primary N) is 1. The minimum atomic E-state index is -1.18. The molecule has 0 aliphatic heterocycles. The summed E-state index contributed by atoms with van der Waals surface area (Å²) in [6.45, 7) is 10.4. The molecule has 5 N–H and O–H groups in total. The summed E-state index contributed by atoms with van der Waals surface area (Å²) in [6.07, 6.45) is 3.79. The van der Waals surface area contributed by atoms with Crippen molar-refractivity contribution in [3.63, 3.8) is 0 Å². The lowest BCUT2D eigenvalue weighted by atomic mass is 9.92. The van der Waals surface area contributed by atoms with Crippen LogP contribution in [0.2, 0.25) is 0 Å². The molecule has 1 aromatic carbocycles. The zero-order valence-electron chi connectivity index (χ0n) is 23.5. The summed E-state index contributed by atoms with van der Waals surface area (Å²) in [4.78, 5) is 53.6. The third kappa shape index (κ3) is 9.54. The van der Waals surface area contributed by atoms with E-state index in [0.29, 0.717) is 5.56 Å². The number of carbonyl (C=O) groups excluding carboxylic acids is 4. The predicted molar refractivity (Wildman–Crippen MR) is 144 cm³/mol. The number of phenolic OH excluding ortho intramolecular Hbond substituents is 1. The minimum absolute atomic E-state index is 0.0153. The highest BCUT2D eigenvalue weighted by molar-refractivity contribution is 5.93. The molecule has 38 heavy (non-hydrogen) atoms. The van der Waals surface area contributed by atoms with Crippen LogP contribution in [0.3, 0.4) is 0 Å². The molecule has 1 aromatic rings. The number of phenols is 1. The van der Waals surface area contributed by atoms with Gasteiger partial charge in [0, 0.05) is 18.0 Å². The number of carbonyl (C=O) groups is 4. The molecule has 0 spiro atoms. The lowest BCUT2D eigenvalue weighted by Gasteiger charge is -2.43. The van der Waals surface area contributed by atoms with Gasteiger partial charge in [-0.1, -0.05) is 31.4 Å². The summed E-state index contributed by atoms with van der Waals surface area (Å²) >= 11 is 0. The number of benzene rings is 1. The third-order valence-corrected chi connectivity index (χ3v) is 6.27. The Bertz CT molecular complexity index is 992. The van der Waals surface area contributed by atoms with Gasteiger partial charge in [0.2, 0.25) is 17.7 Å². The molecule has 0 heterocycles. The number of hydrogen-bond acceptors (Lipinski definition) is 6. The first kappa shape index (κ1) is 30.9. The average Bonchev–Trinajstić information content (AvgIpc) is 2.78. The second-order valence-corrected chi connectivity index (χ2v) is 11.9. The fourth-order valence-electron chi connectivity index (χ4n) is 4.65. The van der Waals surface area contributed by atoms with Crippen molar-refractivity contribution in [1.29, 1.82) is 0 Å². The van der Waals surface area contributed by atoms with Gasteiger partial charge in [0.25, 0.3) is 0 Å². The monoisotopic (exact) mass is 532 g/mol. The van der Waals surface area contributed by atoms with Crippen molar-refractivity contribution in [1.82, 2.24) is 15.5 Å². The molecule has 2 unspecified atom stereocenters.